The van der Waals surface area contributed by atoms with Gasteiger partial charge in [0.2, 0.25) is 6.79 Å². The Morgan fingerprint density at radius 3 is 2.50 bits per heavy atom. The van der Waals surface area contributed by atoms with Crippen molar-refractivity contribution in [1.82, 2.24) is 0 Å². The van der Waals surface area contributed by atoms with E-state index in [-0.39, 0.29) is 6.79 Å². The maximum Gasteiger partial charge on any atom is 0.231 e. The third-order valence-corrected chi connectivity index (χ3v) is 3.10. The quantitative estimate of drug-likeness (QED) is 0.707. The summed E-state index contributed by atoms with van der Waals surface area (Å²) in [4.78, 5) is 0. The molecule has 0 saturated heterocycles. The zero-order valence-corrected chi connectivity index (χ0v) is 10.1. The zero-order valence-electron chi connectivity index (χ0n) is 10.1. The minimum atomic E-state index is 0.260. The van der Waals surface area contributed by atoms with E-state index in [1.807, 2.05) is 24.3 Å². The van der Waals surface area contributed by atoms with Crippen LogP contribution in [0.1, 0.15) is 11.1 Å². The summed E-state index contributed by atoms with van der Waals surface area (Å²) in [6.45, 7) is 2.33. The van der Waals surface area contributed by atoms with Crippen LogP contribution in [0, 0.1) is 19.3 Å². The highest BCUT2D eigenvalue weighted by atomic mass is 16.7. The van der Waals surface area contributed by atoms with Gasteiger partial charge in [0.05, 0.1) is 0 Å². The molecule has 2 heteroatoms. The van der Waals surface area contributed by atoms with E-state index in [0.29, 0.717) is 0 Å². The molecular formula is C16H12O2. The molecule has 0 aliphatic carbocycles. The predicted molar refractivity (Wildman–Crippen MR) is 70.7 cm³/mol. The highest BCUT2D eigenvalue weighted by molar-refractivity contribution is 5.76. The molecule has 0 aromatic heterocycles. The van der Waals surface area contributed by atoms with E-state index in [4.69, 9.17) is 15.9 Å². The largest absolute Gasteiger partial charge is 0.454 e. The molecule has 0 unspecified atom stereocenters. The van der Waals surface area contributed by atoms with Gasteiger partial charge in [0, 0.05) is 17.2 Å². The Bertz CT molecular complexity index is 651. The fourth-order valence-electron chi connectivity index (χ4n) is 2.16. The number of rotatable bonds is 1. The normalized spacial score (nSPS) is 12.2. The highest BCUT2D eigenvalue weighted by Crippen LogP contribution is 2.39. The Morgan fingerprint density at radius 1 is 1.06 bits per heavy atom. The maximum absolute atomic E-state index is 5.59. The van der Waals surface area contributed by atoms with E-state index in [9.17, 15) is 0 Å². The first-order valence-electron chi connectivity index (χ1n) is 5.76. The summed E-state index contributed by atoms with van der Waals surface area (Å²) in [6.07, 6.45) is 5.59. The molecule has 1 aliphatic heterocycles. The molecule has 0 N–H and O–H groups in total. The van der Waals surface area contributed by atoms with Crippen molar-refractivity contribution in [2.45, 2.75) is 6.92 Å². The second-order valence-electron chi connectivity index (χ2n) is 4.21. The molecule has 1 heterocycles. The molecule has 0 saturated carbocycles. The summed E-state index contributed by atoms with van der Waals surface area (Å²) >= 11 is 0. The van der Waals surface area contributed by atoms with E-state index < -0.39 is 0 Å². The first kappa shape index (κ1) is 10.7. The standard InChI is InChI=1S/C16H12O2/c1-3-12-8-15-16(18-10-17-15)9-14(12)13-7-5-4-6-11(13)2/h1,4-9H,10H2,2H3. The molecule has 2 aromatic carbocycles. The van der Waals surface area contributed by atoms with Crippen LogP contribution in [-0.2, 0) is 0 Å². The SMILES string of the molecule is C#Cc1cc2c(cc1-c1ccccc1C)OCO2. The van der Waals surface area contributed by atoms with Crippen LogP contribution in [0.5, 0.6) is 11.5 Å². The summed E-state index contributed by atoms with van der Waals surface area (Å²) in [5.41, 5.74) is 4.16. The lowest BCUT2D eigenvalue weighted by atomic mass is 9.96. The molecule has 0 amide bonds. The minimum Gasteiger partial charge on any atom is -0.454 e. The van der Waals surface area contributed by atoms with Crippen molar-refractivity contribution >= 4 is 0 Å². The van der Waals surface area contributed by atoms with Crippen LogP contribution in [0.3, 0.4) is 0 Å². The second-order valence-corrected chi connectivity index (χ2v) is 4.21. The Labute approximate surface area is 106 Å². The van der Waals surface area contributed by atoms with E-state index >= 15 is 0 Å². The number of terminal acetylenes is 1. The fraction of sp³-hybridized carbons (Fsp3) is 0.125. The first-order valence-corrected chi connectivity index (χ1v) is 5.76. The fourth-order valence-corrected chi connectivity index (χ4v) is 2.16. The number of hydrogen-bond donors (Lipinski definition) is 0. The van der Waals surface area contributed by atoms with Gasteiger partial charge in [-0.1, -0.05) is 30.2 Å². The molecule has 2 aromatic rings. The van der Waals surface area contributed by atoms with Gasteiger partial charge in [0.1, 0.15) is 0 Å². The number of aryl methyl sites for hydroxylation is 1. The topological polar surface area (TPSA) is 18.5 Å². The zero-order chi connectivity index (χ0) is 12.5. The predicted octanol–water partition coefficient (Wildman–Crippen LogP) is 3.37. The minimum absolute atomic E-state index is 0.260. The van der Waals surface area contributed by atoms with Crippen LogP contribution >= 0.6 is 0 Å². The molecule has 3 rings (SSSR count). The van der Waals surface area contributed by atoms with Crippen molar-refractivity contribution in [3.05, 3.63) is 47.5 Å². The Hall–Kier alpha value is -2.40. The summed E-state index contributed by atoms with van der Waals surface area (Å²) in [5, 5.41) is 0. The van der Waals surface area contributed by atoms with Crippen molar-refractivity contribution in [3.8, 4) is 35.0 Å². The Kier molecular flexibility index (Phi) is 2.46. The summed E-state index contributed by atoms with van der Waals surface area (Å²) in [6, 6.07) is 12.0. The molecule has 88 valence electrons. The molecule has 0 radical (unpaired) electrons. The van der Waals surface area contributed by atoms with E-state index in [0.717, 1.165) is 28.2 Å². The lowest BCUT2D eigenvalue weighted by Crippen LogP contribution is -1.92. The lowest BCUT2D eigenvalue weighted by Gasteiger charge is -2.09. The van der Waals surface area contributed by atoms with Crippen LogP contribution in [0.2, 0.25) is 0 Å². The Morgan fingerprint density at radius 2 is 1.78 bits per heavy atom. The second kappa shape index (κ2) is 4.12. The van der Waals surface area contributed by atoms with E-state index in [1.165, 1.54) is 5.56 Å². The average molecular weight is 236 g/mol. The van der Waals surface area contributed by atoms with Crippen LogP contribution in [0.15, 0.2) is 36.4 Å². The number of benzene rings is 2. The molecule has 0 fully saturated rings. The maximum atomic E-state index is 5.59. The van der Waals surface area contributed by atoms with Crippen LogP contribution < -0.4 is 9.47 Å². The van der Waals surface area contributed by atoms with Crippen molar-refractivity contribution in [3.63, 3.8) is 0 Å². The molecule has 1 aliphatic rings. The van der Waals surface area contributed by atoms with Gasteiger partial charge in [-0.2, -0.15) is 0 Å². The molecule has 0 bridgehead atoms. The average Bonchev–Trinajstić information content (AvgIpc) is 2.85. The van der Waals surface area contributed by atoms with E-state index in [1.54, 1.807) is 0 Å². The monoisotopic (exact) mass is 236 g/mol. The van der Waals surface area contributed by atoms with Gasteiger partial charge in [-0.15, -0.1) is 6.42 Å². The number of hydrogen-bond acceptors (Lipinski definition) is 2. The highest BCUT2D eigenvalue weighted by Gasteiger charge is 2.17. The number of ether oxygens (including phenoxy) is 2. The third-order valence-electron chi connectivity index (χ3n) is 3.10. The van der Waals surface area contributed by atoms with Gasteiger partial charge in [0.25, 0.3) is 0 Å². The molecule has 0 spiro atoms. The molecule has 0 atom stereocenters. The third kappa shape index (κ3) is 1.61. The van der Waals surface area contributed by atoms with Crippen molar-refractivity contribution in [2.75, 3.05) is 6.79 Å². The first-order chi connectivity index (χ1) is 8.79. The van der Waals surface area contributed by atoms with Gasteiger partial charge in [-0.05, 0) is 24.1 Å². The van der Waals surface area contributed by atoms with Crippen LogP contribution in [0.25, 0.3) is 11.1 Å². The van der Waals surface area contributed by atoms with Gasteiger partial charge < -0.3 is 9.47 Å². The summed E-state index contributed by atoms with van der Waals surface area (Å²) < 4.78 is 10.8. The van der Waals surface area contributed by atoms with Gasteiger partial charge in [-0.3, -0.25) is 0 Å². The summed E-state index contributed by atoms with van der Waals surface area (Å²) in [7, 11) is 0. The van der Waals surface area contributed by atoms with Gasteiger partial charge in [-0.25, -0.2) is 0 Å². The van der Waals surface area contributed by atoms with Crippen LogP contribution in [0.4, 0.5) is 0 Å². The van der Waals surface area contributed by atoms with Gasteiger partial charge >= 0.3 is 0 Å². The lowest BCUT2D eigenvalue weighted by molar-refractivity contribution is 0.174. The van der Waals surface area contributed by atoms with E-state index in [2.05, 4.69) is 25.0 Å². The van der Waals surface area contributed by atoms with Crippen molar-refractivity contribution < 1.29 is 9.47 Å². The van der Waals surface area contributed by atoms with Crippen molar-refractivity contribution in [1.29, 1.82) is 0 Å². The Balaban J connectivity index is 2.24. The molecule has 18 heavy (non-hydrogen) atoms. The molecule has 2 nitrogen and oxygen atoms in total. The van der Waals surface area contributed by atoms with Crippen LogP contribution in [-0.4, -0.2) is 6.79 Å². The number of fused-ring (bicyclic) bond motifs is 1. The van der Waals surface area contributed by atoms with Crippen molar-refractivity contribution in [2.24, 2.45) is 0 Å². The summed E-state index contributed by atoms with van der Waals surface area (Å²) in [5.74, 6) is 4.19. The molecular weight excluding hydrogens is 224 g/mol. The van der Waals surface area contributed by atoms with Gasteiger partial charge in [0.15, 0.2) is 11.5 Å². The smallest absolute Gasteiger partial charge is 0.231 e.